The number of anilines is 1. The molecule has 6 heteroatoms. The minimum absolute atomic E-state index is 0.226. The van der Waals surface area contributed by atoms with Crippen LogP contribution >= 0.6 is 0 Å². The predicted molar refractivity (Wildman–Crippen MR) is 93.2 cm³/mol. The molecule has 3 aromatic rings. The second-order valence-electron chi connectivity index (χ2n) is 5.44. The first kappa shape index (κ1) is 16.4. The van der Waals surface area contributed by atoms with Crippen molar-refractivity contribution >= 4 is 17.5 Å². The summed E-state index contributed by atoms with van der Waals surface area (Å²) < 4.78 is 5.18. The van der Waals surface area contributed by atoms with E-state index in [9.17, 15) is 9.59 Å². The first-order valence-corrected chi connectivity index (χ1v) is 7.78. The van der Waals surface area contributed by atoms with Gasteiger partial charge in [0.2, 0.25) is 0 Å². The molecule has 0 aliphatic rings. The molecular formula is C19H17N3O3. The van der Waals surface area contributed by atoms with E-state index >= 15 is 0 Å². The zero-order valence-electron chi connectivity index (χ0n) is 13.7. The molecule has 0 spiro atoms. The van der Waals surface area contributed by atoms with Crippen LogP contribution in [0.4, 0.5) is 5.69 Å². The first-order valence-electron chi connectivity index (χ1n) is 7.78. The fourth-order valence-corrected chi connectivity index (χ4v) is 2.34. The van der Waals surface area contributed by atoms with E-state index in [0.29, 0.717) is 17.8 Å². The molecule has 2 aromatic heterocycles. The Morgan fingerprint density at radius 1 is 1.04 bits per heavy atom. The van der Waals surface area contributed by atoms with Gasteiger partial charge in [0.05, 0.1) is 29.8 Å². The van der Waals surface area contributed by atoms with Crippen molar-refractivity contribution in [3.05, 3.63) is 83.6 Å². The molecule has 0 aliphatic carbocycles. The molecule has 0 saturated carbocycles. The fraction of sp³-hybridized carbons (Fsp3) is 0.105. The number of amides is 2. The monoisotopic (exact) mass is 335 g/mol. The van der Waals surface area contributed by atoms with Crippen molar-refractivity contribution in [2.24, 2.45) is 0 Å². The maximum Gasteiger partial charge on any atom is 0.291 e. The van der Waals surface area contributed by atoms with Gasteiger partial charge in [-0.05, 0) is 37.3 Å². The predicted octanol–water partition coefficient (Wildman–Crippen LogP) is 3.17. The summed E-state index contributed by atoms with van der Waals surface area (Å²) in [6, 6.07) is 14.0. The SMILES string of the molecule is Cc1ccoc1C(=O)Nc1ccccc1C(=O)NCc1ccccn1. The lowest BCUT2D eigenvalue weighted by Crippen LogP contribution is -2.25. The van der Waals surface area contributed by atoms with Crippen molar-refractivity contribution < 1.29 is 14.0 Å². The van der Waals surface area contributed by atoms with Crippen LogP contribution in [0.1, 0.15) is 32.2 Å². The average molecular weight is 335 g/mol. The molecule has 0 aliphatic heterocycles. The number of hydrogen-bond donors (Lipinski definition) is 2. The van der Waals surface area contributed by atoms with Gasteiger partial charge in [-0.25, -0.2) is 0 Å². The highest BCUT2D eigenvalue weighted by Gasteiger charge is 2.17. The lowest BCUT2D eigenvalue weighted by Gasteiger charge is -2.11. The van der Waals surface area contributed by atoms with Crippen LogP contribution in [0.25, 0.3) is 0 Å². The van der Waals surface area contributed by atoms with E-state index in [2.05, 4.69) is 15.6 Å². The van der Waals surface area contributed by atoms with Crippen molar-refractivity contribution in [3.63, 3.8) is 0 Å². The van der Waals surface area contributed by atoms with E-state index in [1.54, 1.807) is 43.5 Å². The van der Waals surface area contributed by atoms with Crippen LogP contribution in [0.2, 0.25) is 0 Å². The number of nitrogens with one attached hydrogen (secondary N) is 2. The molecule has 6 nitrogen and oxygen atoms in total. The highest BCUT2D eigenvalue weighted by molar-refractivity contribution is 6.08. The molecule has 2 N–H and O–H groups in total. The smallest absolute Gasteiger partial charge is 0.291 e. The maximum absolute atomic E-state index is 12.5. The minimum Gasteiger partial charge on any atom is -0.459 e. The Morgan fingerprint density at radius 2 is 1.84 bits per heavy atom. The number of para-hydroxylation sites is 1. The summed E-state index contributed by atoms with van der Waals surface area (Å²) in [5, 5.41) is 5.52. The van der Waals surface area contributed by atoms with Gasteiger partial charge >= 0.3 is 0 Å². The lowest BCUT2D eigenvalue weighted by atomic mass is 10.1. The van der Waals surface area contributed by atoms with E-state index in [4.69, 9.17) is 4.42 Å². The zero-order valence-corrected chi connectivity index (χ0v) is 13.7. The Labute approximate surface area is 144 Å². The number of rotatable bonds is 5. The van der Waals surface area contributed by atoms with E-state index < -0.39 is 5.91 Å². The van der Waals surface area contributed by atoms with Crippen molar-refractivity contribution in [2.75, 3.05) is 5.32 Å². The standard InChI is InChI=1S/C19H17N3O3/c1-13-9-11-25-17(13)19(24)22-16-8-3-2-7-15(16)18(23)21-12-14-6-4-5-10-20-14/h2-11H,12H2,1H3,(H,21,23)(H,22,24). The second-order valence-corrected chi connectivity index (χ2v) is 5.44. The molecule has 1 aromatic carbocycles. The molecule has 0 radical (unpaired) electrons. The van der Waals surface area contributed by atoms with Crippen LogP contribution in [-0.2, 0) is 6.54 Å². The Morgan fingerprint density at radius 3 is 2.56 bits per heavy atom. The number of furan rings is 1. The summed E-state index contributed by atoms with van der Waals surface area (Å²) in [5.74, 6) is -0.464. The number of carbonyl (C=O) groups is 2. The fourth-order valence-electron chi connectivity index (χ4n) is 2.34. The van der Waals surface area contributed by atoms with Gasteiger partial charge in [0.25, 0.3) is 11.8 Å². The molecule has 2 heterocycles. The van der Waals surface area contributed by atoms with Crippen LogP contribution in [0, 0.1) is 6.92 Å². The molecule has 25 heavy (non-hydrogen) atoms. The van der Waals surface area contributed by atoms with Crippen LogP contribution in [-0.4, -0.2) is 16.8 Å². The van der Waals surface area contributed by atoms with Gasteiger partial charge in [0.1, 0.15) is 0 Å². The van der Waals surface area contributed by atoms with E-state index in [0.717, 1.165) is 11.3 Å². The van der Waals surface area contributed by atoms with Gasteiger partial charge in [0, 0.05) is 11.8 Å². The summed E-state index contributed by atoms with van der Waals surface area (Å²) in [6.07, 6.45) is 3.12. The van der Waals surface area contributed by atoms with Gasteiger partial charge in [-0.15, -0.1) is 0 Å². The second kappa shape index (κ2) is 7.44. The van der Waals surface area contributed by atoms with Crippen molar-refractivity contribution in [2.45, 2.75) is 13.5 Å². The van der Waals surface area contributed by atoms with Crippen LogP contribution in [0.3, 0.4) is 0 Å². The number of hydrogen-bond acceptors (Lipinski definition) is 4. The minimum atomic E-state index is -0.396. The third-order valence-corrected chi connectivity index (χ3v) is 3.64. The van der Waals surface area contributed by atoms with Crippen LogP contribution < -0.4 is 10.6 Å². The summed E-state index contributed by atoms with van der Waals surface area (Å²) >= 11 is 0. The van der Waals surface area contributed by atoms with Gasteiger partial charge < -0.3 is 15.1 Å². The normalized spacial score (nSPS) is 10.3. The topological polar surface area (TPSA) is 84.2 Å². The Balaban J connectivity index is 1.73. The van der Waals surface area contributed by atoms with E-state index in [1.165, 1.54) is 6.26 Å². The molecule has 2 amide bonds. The number of aryl methyl sites for hydroxylation is 1. The molecule has 0 bridgehead atoms. The third kappa shape index (κ3) is 3.92. The summed E-state index contributed by atoms with van der Waals surface area (Å²) in [6.45, 7) is 2.09. The Hall–Kier alpha value is -3.41. The van der Waals surface area contributed by atoms with Gasteiger partial charge in [-0.2, -0.15) is 0 Å². The first-order chi connectivity index (χ1) is 12.1. The zero-order chi connectivity index (χ0) is 17.6. The number of benzene rings is 1. The summed E-state index contributed by atoms with van der Waals surface area (Å²) in [5.41, 5.74) is 2.27. The van der Waals surface area contributed by atoms with E-state index in [1.807, 2.05) is 18.2 Å². The highest BCUT2D eigenvalue weighted by atomic mass is 16.3. The van der Waals surface area contributed by atoms with Crippen molar-refractivity contribution in [1.29, 1.82) is 0 Å². The largest absolute Gasteiger partial charge is 0.459 e. The molecule has 126 valence electrons. The molecule has 0 atom stereocenters. The highest BCUT2D eigenvalue weighted by Crippen LogP contribution is 2.18. The lowest BCUT2D eigenvalue weighted by molar-refractivity contribution is 0.0951. The molecule has 0 unspecified atom stereocenters. The van der Waals surface area contributed by atoms with Crippen LogP contribution in [0.15, 0.2) is 65.4 Å². The number of pyridine rings is 1. The number of carbonyl (C=O) groups excluding carboxylic acids is 2. The molecule has 3 rings (SSSR count). The third-order valence-electron chi connectivity index (χ3n) is 3.64. The quantitative estimate of drug-likeness (QED) is 0.750. The van der Waals surface area contributed by atoms with Crippen molar-refractivity contribution in [3.8, 4) is 0 Å². The maximum atomic E-state index is 12.5. The van der Waals surface area contributed by atoms with Crippen LogP contribution in [0.5, 0.6) is 0 Å². The Kier molecular flexibility index (Phi) is 4.89. The average Bonchev–Trinajstić information content (AvgIpc) is 3.07. The Bertz CT molecular complexity index is 888. The number of nitrogens with zero attached hydrogens (tertiary/aromatic N) is 1. The van der Waals surface area contributed by atoms with Gasteiger partial charge in [-0.1, -0.05) is 18.2 Å². The summed E-state index contributed by atoms with van der Waals surface area (Å²) in [4.78, 5) is 28.9. The van der Waals surface area contributed by atoms with E-state index in [-0.39, 0.29) is 11.7 Å². The number of aromatic nitrogens is 1. The molecular weight excluding hydrogens is 318 g/mol. The molecule has 0 saturated heterocycles. The van der Waals surface area contributed by atoms with Gasteiger partial charge in [0.15, 0.2) is 5.76 Å². The summed E-state index contributed by atoms with van der Waals surface area (Å²) in [7, 11) is 0. The van der Waals surface area contributed by atoms with Gasteiger partial charge in [-0.3, -0.25) is 14.6 Å². The van der Waals surface area contributed by atoms with Crippen molar-refractivity contribution in [1.82, 2.24) is 10.3 Å². The molecule has 0 fully saturated rings.